The molecule has 4 nitrogen and oxygen atoms in total. The minimum absolute atomic E-state index is 0.0738. The van der Waals surface area contributed by atoms with E-state index in [0.717, 1.165) is 27.6 Å². The van der Waals surface area contributed by atoms with Gasteiger partial charge < -0.3 is 15.4 Å². The highest BCUT2D eigenvalue weighted by atomic mass is 32.2. The molecule has 0 saturated heterocycles. The van der Waals surface area contributed by atoms with Crippen LogP contribution in [-0.4, -0.2) is 26.2 Å². The van der Waals surface area contributed by atoms with Crippen molar-refractivity contribution >= 4 is 29.0 Å². The van der Waals surface area contributed by atoms with Crippen LogP contribution < -0.4 is 15.4 Å². The number of benzene rings is 2. The van der Waals surface area contributed by atoms with E-state index < -0.39 is 0 Å². The van der Waals surface area contributed by atoms with Gasteiger partial charge in [-0.25, -0.2) is 0 Å². The zero-order chi connectivity index (χ0) is 15.4. The summed E-state index contributed by atoms with van der Waals surface area (Å²) in [6, 6.07) is 13.7. The van der Waals surface area contributed by atoms with Gasteiger partial charge in [-0.3, -0.25) is 5.41 Å². The number of anilines is 2. The maximum absolute atomic E-state index is 7.87. The minimum Gasteiger partial charge on any atom is -0.497 e. The summed E-state index contributed by atoms with van der Waals surface area (Å²) >= 11 is 1.59. The third-order valence-corrected chi connectivity index (χ3v) is 4.08. The molecular formula is C16H19N3OS. The molecular weight excluding hydrogens is 282 g/mol. The van der Waals surface area contributed by atoms with E-state index in [1.807, 2.05) is 60.7 Å². The lowest BCUT2D eigenvalue weighted by molar-refractivity contribution is 0.415. The van der Waals surface area contributed by atoms with E-state index in [1.54, 1.807) is 18.9 Å². The van der Waals surface area contributed by atoms with Gasteiger partial charge in [0.2, 0.25) is 0 Å². The van der Waals surface area contributed by atoms with Crippen molar-refractivity contribution in [3.8, 4) is 5.75 Å². The molecule has 2 aromatic carbocycles. The molecule has 0 fully saturated rings. The van der Waals surface area contributed by atoms with Gasteiger partial charge in [-0.2, -0.15) is 0 Å². The summed E-state index contributed by atoms with van der Waals surface area (Å²) < 4.78 is 5.27. The first-order valence-corrected chi connectivity index (χ1v) is 7.70. The normalized spacial score (nSPS) is 10.2. The highest BCUT2D eigenvalue weighted by Gasteiger charge is 2.15. The van der Waals surface area contributed by atoms with Crippen molar-refractivity contribution in [3.63, 3.8) is 0 Å². The summed E-state index contributed by atoms with van der Waals surface area (Å²) in [6.07, 6.45) is 1.98. The molecule has 5 heteroatoms. The lowest BCUT2D eigenvalue weighted by Crippen LogP contribution is -2.19. The number of amidine groups is 1. The van der Waals surface area contributed by atoms with Gasteiger partial charge in [-0.1, -0.05) is 12.1 Å². The first-order chi connectivity index (χ1) is 10.1. The second-order valence-electron chi connectivity index (χ2n) is 4.53. The van der Waals surface area contributed by atoms with Gasteiger partial charge in [-0.05, 0) is 30.5 Å². The molecule has 110 valence electrons. The number of thioether (sulfide) groups is 1. The van der Waals surface area contributed by atoms with Gasteiger partial charge >= 0.3 is 0 Å². The Labute approximate surface area is 129 Å². The molecule has 0 saturated carbocycles. The van der Waals surface area contributed by atoms with Crippen LogP contribution >= 0.6 is 11.8 Å². The van der Waals surface area contributed by atoms with Crippen LogP contribution in [0.5, 0.6) is 5.75 Å². The Morgan fingerprint density at radius 2 is 1.95 bits per heavy atom. The van der Waals surface area contributed by atoms with Crippen LogP contribution in [0.2, 0.25) is 0 Å². The average Bonchev–Trinajstić information content (AvgIpc) is 2.53. The van der Waals surface area contributed by atoms with Crippen LogP contribution in [0.4, 0.5) is 11.4 Å². The van der Waals surface area contributed by atoms with Crippen LogP contribution in [0, 0.1) is 5.41 Å². The molecule has 2 rings (SSSR count). The molecule has 2 aromatic rings. The molecule has 3 N–H and O–H groups in total. The Balaban J connectivity index is 2.52. The van der Waals surface area contributed by atoms with E-state index in [4.69, 9.17) is 15.9 Å². The van der Waals surface area contributed by atoms with Crippen LogP contribution in [0.3, 0.4) is 0 Å². The van der Waals surface area contributed by atoms with Gasteiger partial charge in [0.05, 0.1) is 18.4 Å². The lowest BCUT2D eigenvalue weighted by atomic mass is 10.1. The molecule has 0 aliphatic rings. The third kappa shape index (κ3) is 3.13. The molecule has 0 amide bonds. The molecule has 0 radical (unpaired) electrons. The van der Waals surface area contributed by atoms with Crippen molar-refractivity contribution in [3.05, 3.63) is 48.0 Å². The van der Waals surface area contributed by atoms with E-state index in [1.165, 1.54) is 0 Å². The van der Waals surface area contributed by atoms with E-state index in [9.17, 15) is 0 Å². The predicted molar refractivity (Wildman–Crippen MR) is 90.3 cm³/mol. The number of nitrogens with zero attached hydrogens (tertiary/aromatic N) is 1. The maximum atomic E-state index is 7.87. The number of rotatable bonds is 5. The van der Waals surface area contributed by atoms with Crippen LogP contribution in [0.1, 0.15) is 5.56 Å². The van der Waals surface area contributed by atoms with E-state index in [0.29, 0.717) is 0 Å². The largest absolute Gasteiger partial charge is 0.497 e. The maximum Gasteiger partial charge on any atom is 0.126 e. The zero-order valence-electron chi connectivity index (χ0n) is 12.4. The summed E-state index contributed by atoms with van der Waals surface area (Å²) in [5.74, 6) is 0.870. The summed E-state index contributed by atoms with van der Waals surface area (Å²) in [5.41, 5.74) is 8.43. The Kier molecular flexibility index (Phi) is 4.75. The summed E-state index contributed by atoms with van der Waals surface area (Å²) in [5, 5.41) is 7.87. The fraction of sp³-hybridized carbons (Fsp3) is 0.188. The standard InChI is InChI=1S/C16H19N3OS/c1-19(11-6-4-7-12(10-11)20-2)13-8-5-9-14(21-3)15(13)16(17)18/h4-10H,1-3H3,(H3,17,18). The zero-order valence-corrected chi connectivity index (χ0v) is 13.2. The monoisotopic (exact) mass is 301 g/mol. The summed E-state index contributed by atoms with van der Waals surface area (Å²) in [7, 11) is 3.61. The summed E-state index contributed by atoms with van der Waals surface area (Å²) in [6.45, 7) is 0. The Bertz CT molecular complexity index is 658. The number of nitrogens with two attached hydrogens (primary N) is 1. The van der Waals surface area contributed by atoms with Crippen molar-refractivity contribution in [2.75, 3.05) is 25.3 Å². The minimum atomic E-state index is 0.0738. The quantitative estimate of drug-likeness (QED) is 0.504. The molecule has 0 aliphatic carbocycles. The Hall–Kier alpha value is -2.14. The predicted octanol–water partition coefficient (Wildman–Crippen LogP) is 3.47. The lowest BCUT2D eigenvalue weighted by Gasteiger charge is -2.24. The van der Waals surface area contributed by atoms with Gasteiger partial charge in [0.1, 0.15) is 11.6 Å². The van der Waals surface area contributed by atoms with Gasteiger partial charge in [0, 0.05) is 23.7 Å². The Morgan fingerprint density at radius 1 is 1.24 bits per heavy atom. The molecule has 0 aromatic heterocycles. The topological polar surface area (TPSA) is 62.3 Å². The van der Waals surface area contributed by atoms with Crippen molar-refractivity contribution in [1.82, 2.24) is 0 Å². The van der Waals surface area contributed by atoms with Crippen molar-refractivity contribution in [2.24, 2.45) is 5.73 Å². The second kappa shape index (κ2) is 6.54. The first kappa shape index (κ1) is 15.3. The molecule has 0 heterocycles. The Morgan fingerprint density at radius 3 is 2.57 bits per heavy atom. The van der Waals surface area contributed by atoms with E-state index in [-0.39, 0.29) is 5.84 Å². The molecule has 21 heavy (non-hydrogen) atoms. The number of ether oxygens (including phenoxy) is 1. The smallest absolute Gasteiger partial charge is 0.126 e. The molecule has 0 bridgehead atoms. The van der Waals surface area contributed by atoms with Crippen LogP contribution in [-0.2, 0) is 0 Å². The molecule has 0 atom stereocenters. The fourth-order valence-electron chi connectivity index (χ4n) is 2.20. The van der Waals surface area contributed by atoms with Crippen LogP contribution in [0.15, 0.2) is 47.4 Å². The van der Waals surface area contributed by atoms with Crippen LogP contribution in [0.25, 0.3) is 0 Å². The number of hydrogen-bond donors (Lipinski definition) is 2. The highest BCUT2D eigenvalue weighted by Crippen LogP contribution is 2.33. The average molecular weight is 301 g/mol. The number of hydrogen-bond acceptors (Lipinski definition) is 4. The van der Waals surface area contributed by atoms with E-state index in [2.05, 4.69) is 0 Å². The van der Waals surface area contributed by atoms with Crippen molar-refractivity contribution < 1.29 is 4.74 Å². The molecule has 0 unspecified atom stereocenters. The van der Waals surface area contributed by atoms with Crippen molar-refractivity contribution in [1.29, 1.82) is 5.41 Å². The van der Waals surface area contributed by atoms with E-state index >= 15 is 0 Å². The first-order valence-electron chi connectivity index (χ1n) is 6.47. The van der Waals surface area contributed by atoms with Gasteiger partial charge in [0.25, 0.3) is 0 Å². The molecule has 0 spiro atoms. The highest BCUT2D eigenvalue weighted by molar-refractivity contribution is 7.98. The fourth-order valence-corrected chi connectivity index (χ4v) is 2.83. The third-order valence-electron chi connectivity index (χ3n) is 3.30. The number of nitrogens with one attached hydrogen (secondary N) is 1. The second-order valence-corrected chi connectivity index (χ2v) is 5.38. The molecule has 0 aliphatic heterocycles. The SMILES string of the molecule is COc1cccc(N(C)c2cccc(SC)c2C(=N)N)c1. The van der Waals surface area contributed by atoms with Gasteiger partial charge in [0.15, 0.2) is 0 Å². The summed E-state index contributed by atoms with van der Waals surface area (Å²) in [4.78, 5) is 3.01. The number of methoxy groups -OCH3 is 1. The van der Waals surface area contributed by atoms with Gasteiger partial charge in [-0.15, -0.1) is 11.8 Å². The van der Waals surface area contributed by atoms with Crippen molar-refractivity contribution in [2.45, 2.75) is 4.90 Å². The number of nitrogen functional groups attached to an aromatic ring is 1.